The van der Waals surface area contributed by atoms with Gasteiger partial charge in [0.05, 0.1) is 18.8 Å². The highest BCUT2D eigenvalue weighted by Crippen LogP contribution is 2.44. The van der Waals surface area contributed by atoms with E-state index in [2.05, 4.69) is 53.5 Å². The molecule has 6 rings (SSSR count). The molecule has 0 saturated carbocycles. The van der Waals surface area contributed by atoms with Crippen LogP contribution in [0.5, 0.6) is 11.5 Å². The van der Waals surface area contributed by atoms with E-state index in [1.807, 2.05) is 71.6 Å². The Hall–Kier alpha value is -4.84. The molecule has 0 radical (unpaired) electrons. The van der Waals surface area contributed by atoms with E-state index < -0.39 is 0 Å². The van der Waals surface area contributed by atoms with Crippen molar-refractivity contribution in [1.82, 2.24) is 15.1 Å². The van der Waals surface area contributed by atoms with Gasteiger partial charge in [-0.1, -0.05) is 96.6 Å². The number of H-pyrrole nitrogens is 1. The van der Waals surface area contributed by atoms with Crippen LogP contribution in [0, 0.1) is 6.92 Å². The fourth-order valence-electron chi connectivity index (χ4n) is 5.31. The molecule has 0 spiro atoms. The average Bonchev–Trinajstić information content (AvgIpc) is 3.55. The maximum absolute atomic E-state index is 13.8. The molecule has 200 valence electrons. The molecule has 1 atom stereocenters. The Bertz CT molecular complexity index is 1610. The number of carbonyl (C=O) groups is 1. The van der Waals surface area contributed by atoms with Crippen molar-refractivity contribution in [3.63, 3.8) is 0 Å². The molecule has 1 aliphatic heterocycles. The van der Waals surface area contributed by atoms with Crippen LogP contribution >= 0.6 is 0 Å². The normalized spacial score (nSPS) is 14.3. The number of benzene rings is 4. The third-order valence-corrected chi connectivity index (χ3v) is 7.41. The number of nitrogens with zero attached hydrogens (tertiary/aromatic N) is 2. The van der Waals surface area contributed by atoms with Crippen molar-refractivity contribution >= 4 is 5.91 Å². The van der Waals surface area contributed by atoms with Gasteiger partial charge in [-0.05, 0) is 42.2 Å². The molecule has 4 aromatic carbocycles. The zero-order valence-electron chi connectivity index (χ0n) is 22.6. The number of aromatic nitrogens is 2. The second-order valence-electron chi connectivity index (χ2n) is 10.0. The molecule has 1 N–H and O–H groups in total. The second kappa shape index (κ2) is 11.1. The fourth-order valence-corrected chi connectivity index (χ4v) is 5.31. The number of hydrogen-bond acceptors (Lipinski definition) is 4. The monoisotopic (exact) mass is 529 g/mol. The van der Waals surface area contributed by atoms with Crippen LogP contribution in [0.2, 0.25) is 0 Å². The molecule has 1 aliphatic rings. The van der Waals surface area contributed by atoms with E-state index in [4.69, 9.17) is 9.47 Å². The smallest absolute Gasteiger partial charge is 0.273 e. The van der Waals surface area contributed by atoms with Crippen LogP contribution in [0.1, 0.15) is 44.3 Å². The number of methoxy groups -OCH3 is 1. The lowest BCUT2D eigenvalue weighted by molar-refractivity contribution is 0.0745. The largest absolute Gasteiger partial charge is 0.493 e. The molecular weight excluding hydrogens is 498 g/mol. The summed E-state index contributed by atoms with van der Waals surface area (Å²) in [5.41, 5.74) is 7.57. The number of aromatic amines is 1. The van der Waals surface area contributed by atoms with Crippen molar-refractivity contribution in [2.45, 2.75) is 26.0 Å². The number of carbonyl (C=O) groups excluding carboxylic acids is 1. The number of nitrogens with one attached hydrogen (secondary N) is 1. The summed E-state index contributed by atoms with van der Waals surface area (Å²) in [6.07, 6.45) is 0.746. The molecule has 6 heteroatoms. The predicted octanol–water partition coefficient (Wildman–Crippen LogP) is 6.76. The van der Waals surface area contributed by atoms with Gasteiger partial charge >= 0.3 is 0 Å². The van der Waals surface area contributed by atoms with E-state index in [0.29, 0.717) is 30.3 Å². The van der Waals surface area contributed by atoms with Crippen LogP contribution in [-0.4, -0.2) is 34.7 Å². The standard InChI is InChI=1S/C34H31N3O3/c1-23-13-15-26(16-14-23)31-30-32(36-35-31)34(38)37(20-19-24-9-5-3-6-10-24)33(30)27-17-18-28(29(21-27)39-2)40-22-25-11-7-4-8-12-25/h3-18,21,33H,19-20,22H2,1-2H3,(H,35,36). The number of hydrogen-bond donors (Lipinski definition) is 1. The highest BCUT2D eigenvalue weighted by molar-refractivity contribution is 6.00. The summed E-state index contributed by atoms with van der Waals surface area (Å²) in [5.74, 6) is 1.23. The van der Waals surface area contributed by atoms with E-state index in [-0.39, 0.29) is 11.9 Å². The quantitative estimate of drug-likeness (QED) is 0.229. The molecule has 40 heavy (non-hydrogen) atoms. The highest BCUT2D eigenvalue weighted by Gasteiger charge is 2.42. The minimum absolute atomic E-state index is 0.0508. The third kappa shape index (κ3) is 4.96. The molecule has 5 aromatic rings. The van der Waals surface area contributed by atoms with Gasteiger partial charge in [-0.15, -0.1) is 0 Å². The van der Waals surface area contributed by atoms with Gasteiger partial charge in [0.2, 0.25) is 0 Å². The average molecular weight is 530 g/mol. The van der Waals surface area contributed by atoms with Crippen molar-refractivity contribution < 1.29 is 14.3 Å². The van der Waals surface area contributed by atoms with Crippen LogP contribution in [0.4, 0.5) is 0 Å². The van der Waals surface area contributed by atoms with Crippen LogP contribution < -0.4 is 9.47 Å². The van der Waals surface area contributed by atoms with Crippen molar-refractivity contribution in [3.8, 4) is 22.8 Å². The van der Waals surface area contributed by atoms with E-state index in [0.717, 1.165) is 34.4 Å². The predicted molar refractivity (Wildman–Crippen MR) is 156 cm³/mol. The van der Waals surface area contributed by atoms with Gasteiger partial charge in [-0.2, -0.15) is 5.10 Å². The molecule has 1 amide bonds. The van der Waals surface area contributed by atoms with Crippen LogP contribution in [-0.2, 0) is 13.0 Å². The Balaban J connectivity index is 1.38. The van der Waals surface area contributed by atoms with Crippen molar-refractivity contribution in [1.29, 1.82) is 0 Å². The van der Waals surface area contributed by atoms with Gasteiger partial charge in [-0.3, -0.25) is 9.89 Å². The number of rotatable bonds is 9. The molecule has 2 heterocycles. The molecule has 0 aliphatic carbocycles. The van der Waals surface area contributed by atoms with Gasteiger partial charge in [-0.25, -0.2) is 0 Å². The Morgan fingerprint density at radius 2 is 1.55 bits per heavy atom. The summed E-state index contributed by atoms with van der Waals surface area (Å²) < 4.78 is 11.9. The summed E-state index contributed by atoms with van der Waals surface area (Å²) in [6, 6.07) is 34.1. The van der Waals surface area contributed by atoms with E-state index in [1.165, 1.54) is 11.1 Å². The maximum atomic E-state index is 13.8. The molecule has 6 nitrogen and oxygen atoms in total. The molecule has 0 fully saturated rings. The van der Waals surface area contributed by atoms with Crippen molar-refractivity contribution in [2.24, 2.45) is 0 Å². The van der Waals surface area contributed by atoms with Gasteiger partial charge in [0, 0.05) is 17.7 Å². The Morgan fingerprint density at radius 3 is 2.25 bits per heavy atom. The van der Waals surface area contributed by atoms with Gasteiger partial charge in [0.1, 0.15) is 12.3 Å². The van der Waals surface area contributed by atoms with Crippen LogP contribution in [0.15, 0.2) is 103 Å². The highest BCUT2D eigenvalue weighted by atomic mass is 16.5. The van der Waals surface area contributed by atoms with E-state index >= 15 is 0 Å². The minimum atomic E-state index is -0.321. The summed E-state index contributed by atoms with van der Waals surface area (Å²) in [6.45, 7) is 3.06. The van der Waals surface area contributed by atoms with Crippen molar-refractivity contribution in [3.05, 3.63) is 137 Å². The lowest BCUT2D eigenvalue weighted by atomic mass is 9.95. The molecule has 1 aromatic heterocycles. The third-order valence-electron chi connectivity index (χ3n) is 7.41. The number of amides is 1. The van der Waals surface area contributed by atoms with Gasteiger partial charge in [0.15, 0.2) is 11.5 Å². The van der Waals surface area contributed by atoms with Crippen LogP contribution in [0.3, 0.4) is 0 Å². The first-order chi connectivity index (χ1) is 19.6. The number of fused-ring (bicyclic) bond motifs is 1. The topological polar surface area (TPSA) is 67.5 Å². The Labute approximate surface area is 234 Å². The first kappa shape index (κ1) is 25.4. The van der Waals surface area contributed by atoms with Crippen LogP contribution in [0.25, 0.3) is 11.3 Å². The van der Waals surface area contributed by atoms with Crippen molar-refractivity contribution in [2.75, 3.05) is 13.7 Å². The Morgan fingerprint density at radius 1 is 0.850 bits per heavy atom. The summed E-state index contributed by atoms with van der Waals surface area (Å²) in [5, 5.41) is 7.67. The van der Waals surface area contributed by atoms with E-state index in [1.54, 1.807) is 7.11 Å². The first-order valence-corrected chi connectivity index (χ1v) is 13.5. The van der Waals surface area contributed by atoms with E-state index in [9.17, 15) is 4.79 Å². The fraction of sp³-hybridized carbons (Fsp3) is 0.176. The molecular formula is C34H31N3O3. The number of ether oxygens (including phenoxy) is 2. The summed E-state index contributed by atoms with van der Waals surface area (Å²) >= 11 is 0. The summed E-state index contributed by atoms with van der Waals surface area (Å²) in [7, 11) is 1.64. The molecule has 1 unspecified atom stereocenters. The van der Waals surface area contributed by atoms with Gasteiger partial charge < -0.3 is 14.4 Å². The minimum Gasteiger partial charge on any atom is -0.493 e. The first-order valence-electron chi connectivity index (χ1n) is 13.5. The Kier molecular flexibility index (Phi) is 7.06. The lowest BCUT2D eigenvalue weighted by Crippen LogP contribution is -2.31. The van der Waals surface area contributed by atoms with Gasteiger partial charge in [0.25, 0.3) is 5.91 Å². The zero-order valence-corrected chi connectivity index (χ0v) is 22.6. The molecule has 0 bridgehead atoms. The maximum Gasteiger partial charge on any atom is 0.273 e. The lowest BCUT2D eigenvalue weighted by Gasteiger charge is -2.27. The summed E-state index contributed by atoms with van der Waals surface area (Å²) in [4.78, 5) is 15.7. The number of aryl methyl sites for hydroxylation is 1. The SMILES string of the molecule is COc1cc(C2c3c(-c4ccc(C)cc4)n[nH]c3C(=O)N2CCc2ccccc2)ccc1OCc1ccccc1. The zero-order chi connectivity index (χ0) is 27.5. The molecule has 0 saturated heterocycles. The second-order valence-corrected chi connectivity index (χ2v) is 10.0.